The number of nitrogens with zero attached hydrogens (tertiary/aromatic N) is 1. The van der Waals surface area contributed by atoms with Crippen molar-refractivity contribution in [3.05, 3.63) is 30.1 Å². The van der Waals surface area contributed by atoms with E-state index in [4.69, 9.17) is 5.73 Å². The molecule has 1 aliphatic rings. The number of rotatable bonds is 5. The Kier molecular flexibility index (Phi) is 5.62. The van der Waals surface area contributed by atoms with Crippen LogP contribution in [0.5, 0.6) is 0 Å². The van der Waals surface area contributed by atoms with E-state index in [0.29, 0.717) is 19.4 Å². The normalized spacial score (nSPS) is 17.7. The lowest BCUT2D eigenvalue weighted by Crippen LogP contribution is -2.48. The Morgan fingerprint density at radius 3 is 2.46 bits per heavy atom. The van der Waals surface area contributed by atoms with Gasteiger partial charge in [-0.3, -0.25) is 4.79 Å². The van der Waals surface area contributed by atoms with Crippen LogP contribution in [-0.2, 0) is 14.8 Å². The summed E-state index contributed by atoms with van der Waals surface area (Å²) in [6.07, 6.45) is 0.815. The molecule has 0 radical (unpaired) electrons. The van der Waals surface area contributed by atoms with E-state index in [0.717, 1.165) is 6.07 Å². The molecule has 134 valence electrons. The van der Waals surface area contributed by atoms with Gasteiger partial charge < -0.3 is 11.1 Å². The predicted octanol–water partition coefficient (Wildman–Crippen LogP) is 1.08. The zero-order chi connectivity index (χ0) is 18.0. The summed E-state index contributed by atoms with van der Waals surface area (Å²) in [5.41, 5.74) is 5.34. The fraction of sp³-hybridized carbons (Fsp3) is 0.562. The third-order valence-corrected chi connectivity index (χ3v) is 5.93. The van der Waals surface area contributed by atoms with E-state index in [1.807, 2.05) is 13.8 Å². The van der Waals surface area contributed by atoms with Gasteiger partial charge in [-0.2, -0.15) is 4.31 Å². The van der Waals surface area contributed by atoms with Crippen LogP contribution in [0.2, 0.25) is 0 Å². The first-order valence-electron chi connectivity index (χ1n) is 7.92. The van der Waals surface area contributed by atoms with Gasteiger partial charge in [0.05, 0.1) is 0 Å². The highest BCUT2D eigenvalue weighted by atomic mass is 32.2. The van der Waals surface area contributed by atoms with Crippen LogP contribution in [0.4, 0.5) is 4.39 Å². The standard InChI is InChI=1S/C16H24FN3O3S/c1-16(2,18)11-19-15(21)12-7-9-20(10-8-12)24(22,23)14-6-4-3-5-13(14)17/h3-6,12H,7-11,18H2,1-2H3,(H,19,21). The summed E-state index contributed by atoms with van der Waals surface area (Å²) in [6, 6.07) is 5.32. The molecule has 0 unspecified atom stereocenters. The molecule has 1 fully saturated rings. The van der Waals surface area contributed by atoms with Gasteiger partial charge in [0.15, 0.2) is 0 Å². The van der Waals surface area contributed by atoms with Crippen molar-refractivity contribution in [2.24, 2.45) is 11.7 Å². The zero-order valence-electron chi connectivity index (χ0n) is 14.0. The van der Waals surface area contributed by atoms with Crippen molar-refractivity contribution in [3.8, 4) is 0 Å². The molecule has 1 aromatic rings. The number of sulfonamides is 1. The molecule has 24 heavy (non-hydrogen) atoms. The Bertz CT molecular complexity index is 693. The number of piperidine rings is 1. The van der Waals surface area contributed by atoms with Gasteiger partial charge in [0.25, 0.3) is 0 Å². The van der Waals surface area contributed by atoms with Gasteiger partial charge in [-0.15, -0.1) is 0 Å². The lowest BCUT2D eigenvalue weighted by molar-refractivity contribution is -0.126. The Hall–Kier alpha value is -1.51. The summed E-state index contributed by atoms with van der Waals surface area (Å²) in [7, 11) is -3.87. The summed E-state index contributed by atoms with van der Waals surface area (Å²) in [5.74, 6) is -1.13. The molecule has 1 amide bonds. The second kappa shape index (κ2) is 7.16. The van der Waals surface area contributed by atoms with Crippen LogP contribution < -0.4 is 11.1 Å². The highest BCUT2D eigenvalue weighted by Crippen LogP contribution is 2.25. The average Bonchev–Trinajstić information content (AvgIpc) is 2.52. The van der Waals surface area contributed by atoms with Crippen LogP contribution in [-0.4, -0.2) is 43.8 Å². The smallest absolute Gasteiger partial charge is 0.245 e. The Balaban J connectivity index is 1.97. The van der Waals surface area contributed by atoms with Crippen molar-refractivity contribution >= 4 is 15.9 Å². The summed E-state index contributed by atoms with van der Waals surface area (Å²) >= 11 is 0. The number of benzene rings is 1. The Morgan fingerprint density at radius 1 is 1.33 bits per heavy atom. The summed E-state index contributed by atoms with van der Waals surface area (Å²) < 4.78 is 40.0. The SMILES string of the molecule is CC(C)(N)CNC(=O)C1CCN(S(=O)(=O)c2ccccc2F)CC1. The van der Waals surface area contributed by atoms with Crippen LogP contribution in [0.1, 0.15) is 26.7 Å². The van der Waals surface area contributed by atoms with Crippen LogP contribution in [0.25, 0.3) is 0 Å². The highest BCUT2D eigenvalue weighted by molar-refractivity contribution is 7.89. The second-order valence-corrected chi connectivity index (χ2v) is 8.72. The van der Waals surface area contributed by atoms with Gasteiger partial charge in [-0.25, -0.2) is 12.8 Å². The molecule has 1 heterocycles. The molecule has 0 aromatic heterocycles. The monoisotopic (exact) mass is 357 g/mol. The molecule has 1 saturated heterocycles. The van der Waals surface area contributed by atoms with Crippen molar-refractivity contribution < 1.29 is 17.6 Å². The van der Waals surface area contributed by atoms with E-state index in [2.05, 4.69) is 5.32 Å². The fourth-order valence-corrected chi connectivity index (χ4v) is 4.15. The Labute approximate surface area is 142 Å². The third-order valence-electron chi connectivity index (χ3n) is 4.00. The lowest BCUT2D eigenvalue weighted by Gasteiger charge is -2.31. The van der Waals surface area contributed by atoms with E-state index < -0.39 is 21.4 Å². The number of amides is 1. The topological polar surface area (TPSA) is 92.5 Å². The molecule has 8 heteroatoms. The maximum atomic E-state index is 13.8. The zero-order valence-corrected chi connectivity index (χ0v) is 14.8. The number of nitrogens with one attached hydrogen (secondary N) is 1. The van der Waals surface area contributed by atoms with Crippen LogP contribution in [0, 0.1) is 11.7 Å². The van der Waals surface area contributed by atoms with Gasteiger partial charge >= 0.3 is 0 Å². The molecule has 0 spiro atoms. The number of carbonyl (C=O) groups is 1. The van der Waals surface area contributed by atoms with Crippen LogP contribution in [0.15, 0.2) is 29.2 Å². The first-order chi connectivity index (χ1) is 11.1. The number of hydrogen-bond donors (Lipinski definition) is 2. The van der Waals surface area contributed by atoms with Gasteiger partial charge in [0.1, 0.15) is 10.7 Å². The van der Waals surface area contributed by atoms with E-state index in [-0.39, 0.29) is 29.8 Å². The van der Waals surface area contributed by atoms with Crippen molar-refractivity contribution in [1.29, 1.82) is 0 Å². The first kappa shape index (κ1) is 18.8. The molecule has 0 atom stereocenters. The quantitative estimate of drug-likeness (QED) is 0.825. The predicted molar refractivity (Wildman–Crippen MR) is 89.2 cm³/mol. The van der Waals surface area contributed by atoms with Gasteiger partial charge in [-0.05, 0) is 38.8 Å². The van der Waals surface area contributed by atoms with E-state index in [1.54, 1.807) is 0 Å². The third kappa shape index (κ3) is 4.52. The lowest BCUT2D eigenvalue weighted by atomic mass is 9.96. The minimum atomic E-state index is -3.87. The minimum absolute atomic E-state index is 0.114. The number of halogens is 1. The molecule has 2 rings (SSSR count). The first-order valence-corrected chi connectivity index (χ1v) is 9.36. The van der Waals surface area contributed by atoms with Crippen LogP contribution >= 0.6 is 0 Å². The molecule has 0 saturated carbocycles. The number of nitrogens with two attached hydrogens (primary N) is 1. The molecular formula is C16H24FN3O3S. The maximum absolute atomic E-state index is 13.8. The van der Waals surface area contributed by atoms with Crippen LogP contribution in [0.3, 0.4) is 0 Å². The number of hydrogen-bond acceptors (Lipinski definition) is 4. The van der Waals surface area contributed by atoms with E-state index in [9.17, 15) is 17.6 Å². The molecule has 6 nitrogen and oxygen atoms in total. The highest BCUT2D eigenvalue weighted by Gasteiger charge is 2.33. The summed E-state index contributed by atoms with van der Waals surface area (Å²) in [5, 5.41) is 2.79. The molecule has 3 N–H and O–H groups in total. The molecule has 0 aliphatic carbocycles. The van der Waals surface area contributed by atoms with Gasteiger partial charge in [-0.1, -0.05) is 12.1 Å². The fourth-order valence-electron chi connectivity index (χ4n) is 2.61. The molecular weight excluding hydrogens is 333 g/mol. The largest absolute Gasteiger partial charge is 0.354 e. The number of carbonyl (C=O) groups excluding carboxylic acids is 1. The average molecular weight is 357 g/mol. The Morgan fingerprint density at radius 2 is 1.92 bits per heavy atom. The molecule has 0 bridgehead atoms. The maximum Gasteiger partial charge on any atom is 0.245 e. The van der Waals surface area contributed by atoms with Gasteiger partial charge in [0.2, 0.25) is 15.9 Å². The van der Waals surface area contributed by atoms with Gasteiger partial charge in [0, 0.05) is 31.1 Å². The summed E-state index contributed by atoms with van der Waals surface area (Å²) in [6.45, 7) is 4.38. The van der Waals surface area contributed by atoms with E-state index >= 15 is 0 Å². The second-order valence-electron chi connectivity index (χ2n) is 6.82. The van der Waals surface area contributed by atoms with Crippen molar-refractivity contribution in [2.75, 3.05) is 19.6 Å². The van der Waals surface area contributed by atoms with Crippen molar-refractivity contribution in [3.63, 3.8) is 0 Å². The van der Waals surface area contributed by atoms with Crippen molar-refractivity contribution in [2.45, 2.75) is 37.1 Å². The van der Waals surface area contributed by atoms with E-state index in [1.165, 1.54) is 22.5 Å². The molecule has 1 aliphatic heterocycles. The molecule has 1 aromatic carbocycles. The minimum Gasteiger partial charge on any atom is -0.354 e. The van der Waals surface area contributed by atoms with Crippen molar-refractivity contribution in [1.82, 2.24) is 9.62 Å². The summed E-state index contributed by atoms with van der Waals surface area (Å²) in [4.78, 5) is 11.8.